The molecule has 1 atom stereocenters. The van der Waals surface area contributed by atoms with Crippen LogP contribution < -0.4 is 5.32 Å². The molecule has 0 aliphatic carbocycles. The minimum Gasteiger partial charge on any atom is -0.325 e. The number of anilines is 1. The Hall–Kier alpha value is -2.67. The van der Waals surface area contributed by atoms with Gasteiger partial charge in [0.15, 0.2) is 11.0 Å². The molecule has 28 heavy (non-hydrogen) atoms. The Kier molecular flexibility index (Phi) is 6.46. The minimum absolute atomic E-state index is 0.104. The molecule has 1 heterocycles. The van der Waals surface area contributed by atoms with Crippen molar-refractivity contribution in [2.45, 2.75) is 31.3 Å². The van der Waals surface area contributed by atoms with E-state index in [9.17, 15) is 9.18 Å². The van der Waals surface area contributed by atoms with E-state index in [0.717, 1.165) is 17.7 Å². The van der Waals surface area contributed by atoms with Crippen LogP contribution in [0.3, 0.4) is 0 Å². The van der Waals surface area contributed by atoms with E-state index in [1.807, 2.05) is 19.2 Å². The lowest BCUT2D eigenvalue weighted by Gasteiger charge is -2.10. The van der Waals surface area contributed by atoms with Gasteiger partial charge in [-0.1, -0.05) is 37.7 Å². The fraction of sp³-hybridized carbons (Fsp3) is 0.286. The third-order valence-electron chi connectivity index (χ3n) is 4.65. The maximum Gasteiger partial charge on any atom is 0.234 e. The molecule has 0 radical (unpaired) electrons. The van der Waals surface area contributed by atoms with Crippen molar-refractivity contribution in [3.63, 3.8) is 0 Å². The predicted octanol–water partition coefficient (Wildman–Crippen LogP) is 4.87. The fourth-order valence-electron chi connectivity index (χ4n) is 2.75. The molecular weight excluding hydrogens is 375 g/mol. The van der Waals surface area contributed by atoms with Crippen molar-refractivity contribution in [1.82, 2.24) is 14.8 Å². The molecule has 5 nitrogen and oxygen atoms in total. The number of hydrogen-bond acceptors (Lipinski definition) is 4. The van der Waals surface area contributed by atoms with E-state index in [4.69, 9.17) is 0 Å². The highest BCUT2D eigenvalue weighted by molar-refractivity contribution is 7.99. The van der Waals surface area contributed by atoms with Gasteiger partial charge in [-0.05, 0) is 54.3 Å². The maximum absolute atomic E-state index is 13.1. The molecule has 3 rings (SSSR count). The molecule has 3 aromatic rings. The molecule has 0 unspecified atom stereocenters. The third-order valence-corrected chi connectivity index (χ3v) is 5.67. The molecule has 7 heteroatoms. The Bertz CT molecular complexity index is 938. The van der Waals surface area contributed by atoms with Crippen molar-refractivity contribution in [3.05, 3.63) is 59.9 Å². The number of aromatic nitrogens is 3. The van der Waals surface area contributed by atoms with Gasteiger partial charge in [0.2, 0.25) is 5.91 Å². The second-order valence-corrected chi connectivity index (χ2v) is 7.58. The highest BCUT2D eigenvalue weighted by atomic mass is 32.2. The van der Waals surface area contributed by atoms with Crippen LogP contribution >= 0.6 is 11.8 Å². The van der Waals surface area contributed by atoms with Gasteiger partial charge in [0, 0.05) is 18.3 Å². The number of carbonyl (C=O) groups is 1. The van der Waals surface area contributed by atoms with E-state index in [1.165, 1.54) is 29.5 Å². The number of amides is 1. The monoisotopic (exact) mass is 398 g/mol. The van der Waals surface area contributed by atoms with Gasteiger partial charge in [0.1, 0.15) is 5.82 Å². The van der Waals surface area contributed by atoms with Crippen molar-refractivity contribution < 1.29 is 9.18 Å². The average Bonchev–Trinajstić information content (AvgIpc) is 3.07. The van der Waals surface area contributed by atoms with Crippen molar-refractivity contribution in [3.8, 4) is 11.4 Å². The number of thioether (sulfide) groups is 1. The van der Waals surface area contributed by atoms with Gasteiger partial charge in [0.25, 0.3) is 0 Å². The van der Waals surface area contributed by atoms with Crippen LogP contribution in [0.2, 0.25) is 0 Å². The van der Waals surface area contributed by atoms with Crippen LogP contribution in [0.25, 0.3) is 11.4 Å². The molecule has 1 amide bonds. The first-order chi connectivity index (χ1) is 13.5. The summed E-state index contributed by atoms with van der Waals surface area (Å²) in [5.74, 6) is 0.958. The van der Waals surface area contributed by atoms with Gasteiger partial charge in [0.05, 0.1) is 5.75 Å². The molecule has 1 N–H and O–H groups in total. The maximum atomic E-state index is 13.1. The number of nitrogens with one attached hydrogen (secondary N) is 1. The first kappa shape index (κ1) is 20.1. The highest BCUT2D eigenvalue weighted by Gasteiger charge is 2.13. The summed E-state index contributed by atoms with van der Waals surface area (Å²) in [6, 6.07) is 14.0. The van der Waals surface area contributed by atoms with Gasteiger partial charge in [-0.15, -0.1) is 10.2 Å². The smallest absolute Gasteiger partial charge is 0.234 e. The summed E-state index contributed by atoms with van der Waals surface area (Å²) in [5, 5.41) is 11.8. The van der Waals surface area contributed by atoms with Crippen LogP contribution in [0, 0.1) is 5.82 Å². The predicted molar refractivity (Wildman–Crippen MR) is 111 cm³/mol. The Balaban J connectivity index is 1.58. The van der Waals surface area contributed by atoms with E-state index < -0.39 is 0 Å². The van der Waals surface area contributed by atoms with Crippen LogP contribution in [0.5, 0.6) is 0 Å². The van der Waals surface area contributed by atoms with Crippen LogP contribution in [-0.2, 0) is 11.8 Å². The van der Waals surface area contributed by atoms with Crippen molar-refractivity contribution >= 4 is 23.4 Å². The van der Waals surface area contributed by atoms with Crippen LogP contribution in [0.1, 0.15) is 31.7 Å². The van der Waals surface area contributed by atoms with Gasteiger partial charge in [-0.25, -0.2) is 4.39 Å². The fourth-order valence-corrected chi connectivity index (χ4v) is 3.46. The number of carbonyl (C=O) groups excluding carboxylic acids is 1. The summed E-state index contributed by atoms with van der Waals surface area (Å²) < 4.78 is 14.9. The zero-order valence-corrected chi connectivity index (χ0v) is 17.0. The van der Waals surface area contributed by atoms with Crippen LogP contribution in [-0.4, -0.2) is 26.4 Å². The Morgan fingerprint density at radius 1 is 1.14 bits per heavy atom. The lowest BCUT2D eigenvalue weighted by Crippen LogP contribution is -2.14. The molecule has 2 aromatic carbocycles. The summed E-state index contributed by atoms with van der Waals surface area (Å²) in [5.41, 5.74) is 2.82. The van der Waals surface area contributed by atoms with E-state index in [0.29, 0.717) is 16.9 Å². The number of nitrogens with zero attached hydrogens (tertiary/aromatic N) is 3. The van der Waals surface area contributed by atoms with E-state index in [1.54, 1.807) is 16.7 Å². The highest BCUT2D eigenvalue weighted by Crippen LogP contribution is 2.24. The summed E-state index contributed by atoms with van der Waals surface area (Å²) in [6.45, 7) is 4.34. The second kappa shape index (κ2) is 9.01. The number of halogens is 1. The average molecular weight is 399 g/mol. The first-order valence-corrected chi connectivity index (χ1v) is 10.1. The molecule has 0 fully saturated rings. The standard InChI is InChI=1S/C21H23FN4OS/c1-4-14(2)15-7-11-18(12-8-15)23-19(27)13-28-21-25-24-20(26(21)3)16-5-9-17(22)10-6-16/h5-12,14H,4,13H2,1-3H3,(H,23,27)/t14-/m1/s1. The van der Waals surface area contributed by atoms with Gasteiger partial charge >= 0.3 is 0 Å². The number of rotatable bonds is 7. The summed E-state index contributed by atoms with van der Waals surface area (Å²) in [4.78, 5) is 12.3. The summed E-state index contributed by atoms with van der Waals surface area (Å²) in [6.07, 6.45) is 1.08. The van der Waals surface area contributed by atoms with E-state index in [-0.39, 0.29) is 17.5 Å². The minimum atomic E-state index is -0.297. The van der Waals surface area contributed by atoms with E-state index in [2.05, 4.69) is 41.5 Å². The van der Waals surface area contributed by atoms with E-state index >= 15 is 0 Å². The molecule has 0 spiro atoms. The summed E-state index contributed by atoms with van der Waals surface area (Å²) in [7, 11) is 1.83. The Labute approximate surface area is 168 Å². The molecule has 0 aliphatic rings. The SMILES string of the molecule is CC[C@@H](C)c1ccc(NC(=O)CSc2nnc(-c3ccc(F)cc3)n2C)cc1. The molecule has 0 saturated carbocycles. The Morgan fingerprint density at radius 3 is 2.46 bits per heavy atom. The Morgan fingerprint density at radius 2 is 1.82 bits per heavy atom. The van der Waals surface area contributed by atoms with Crippen LogP contribution in [0.4, 0.5) is 10.1 Å². The molecule has 1 aromatic heterocycles. The molecule has 0 bridgehead atoms. The second-order valence-electron chi connectivity index (χ2n) is 6.64. The zero-order valence-electron chi connectivity index (χ0n) is 16.1. The largest absolute Gasteiger partial charge is 0.325 e. The van der Waals surface area contributed by atoms with Crippen molar-refractivity contribution in [2.24, 2.45) is 7.05 Å². The van der Waals surface area contributed by atoms with Crippen molar-refractivity contribution in [1.29, 1.82) is 0 Å². The first-order valence-electron chi connectivity index (χ1n) is 9.16. The molecule has 0 saturated heterocycles. The van der Waals surface area contributed by atoms with Gasteiger partial charge in [-0.3, -0.25) is 4.79 Å². The lowest BCUT2D eigenvalue weighted by atomic mass is 9.99. The quantitative estimate of drug-likeness (QED) is 0.577. The zero-order chi connectivity index (χ0) is 20.1. The molecule has 0 aliphatic heterocycles. The topological polar surface area (TPSA) is 59.8 Å². The van der Waals surface area contributed by atoms with Gasteiger partial charge < -0.3 is 9.88 Å². The molecular formula is C21H23FN4OS. The van der Waals surface area contributed by atoms with Gasteiger partial charge in [-0.2, -0.15) is 0 Å². The van der Waals surface area contributed by atoms with Crippen LogP contribution in [0.15, 0.2) is 53.7 Å². The number of hydrogen-bond donors (Lipinski definition) is 1. The molecule has 146 valence electrons. The lowest BCUT2D eigenvalue weighted by molar-refractivity contribution is -0.113. The number of benzene rings is 2. The third kappa shape index (κ3) is 4.78. The van der Waals surface area contributed by atoms with Crippen molar-refractivity contribution in [2.75, 3.05) is 11.1 Å². The normalized spacial score (nSPS) is 12.0. The summed E-state index contributed by atoms with van der Waals surface area (Å²) >= 11 is 1.31.